The Labute approximate surface area is 247 Å². The minimum absolute atomic E-state index is 0.103. The first kappa shape index (κ1) is 29.5. The number of methoxy groups -OCH3 is 1. The second-order valence-electron chi connectivity index (χ2n) is 10.2. The van der Waals surface area contributed by atoms with Crippen molar-refractivity contribution >= 4 is 11.8 Å². The van der Waals surface area contributed by atoms with Crippen LogP contribution in [0.2, 0.25) is 0 Å². The Morgan fingerprint density at radius 1 is 0.707 bits per heavy atom. The number of benzene rings is 4. The Morgan fingerprint density at radius 2 is 1.27 bits per heavy atom. The van der Waals surface area contributed by atoms with Crippen molar-refractivity contribution in [2.45, 2.75) is 61.5 Å². The molecular formula is C35H38O5S. The van der Waals surface area contributed by atoms with Gasteiger partial charge in [0.15, 0.2) is 6.29 Å². The van der Waals surface area contributed by atoms with Crippen LogP contribution in [0.5, 0.6) is 0 Å². The van der Waals surface area contributed by atoms with E-state index in [9.17, 15) is 0 Å². The van der Waals surface area contributed by atoms with E-state index in [1.54, 1.807) is 18.9 Å². The molecule has 41 heavy (non-hydrogen) atoms. The summed E-state index contributed by atoms with van der Waals surface area (Å²) in [5.74, 6) is 0. The first-order valence-electron chi connectivity index (χ1n) is 14.0. The summed E-state index contributed by atoms with van der Waals surface area (Å²) >= 11 is 1.72. The second-order valence-corrected chi connectivity index (χ2v) is 11.4. The molecule has 5 nitrogen and oxygen atoms in total. The van der Waals surface area contributed by atoms with Crippen LogP contribution in [0.25, 0.3) is 0 Å². The SMILES string of the molecule is CO[C@H]1O[C@H]([C@@H](COCc2ccccc2)OCc2ccccc2)[C@@H](OCc2ccccc2)[C@@H]1Sc1ccc(C)cc1. The monoisotopic (exact) mass is 570 g/mol. The van der Waals surface area contributed by atoms with Gasteiger partial charge in [-0.3, -0.25) is 0 Å². The van der Waals surface area contributed by atoms with E-state index in [1.807, 2.05) is 54.6 Å². The molecule has 5 rings (SSSR count). The number of hydrogen-bond acceptors (Lipinski definition) is 6. The van der Waals surface area contributed by atoms with Gasteiger partial charge >= 0.3 is 0 Å². The topological polar surface area (TPSA) is 46.2 Å². The van der Waals surface area contributed by atoms with Crippen molar-refractivity contribution in [1.82, 2.24) is 0 Å². The second kappa shape index (κ2) is 15.3. The van der Waals surface area contributed by atoms with Crippen LogP contribution in [-0.2, 0) is 43.5 Å². The van der Waals surface area contributed by atoms with Crippen molar-refractivity contribution in [2.75, 3.05) is 13.7 Å². The highest BCUT2D eigenvalue weighted by Gasteiger charge is 2.50. The Hall–Kier alpha value is -2.97. The van der Waals surface area contributed by atoms with E-state index in [4.69, 9.17) is 23.7 Å². The van der Waals surface area contributed by atoms with Crippen molar-refractivity contribution < 1.29 is 23.7 Å². The third kappa shape index (κ3) is 8.52. The Kier molecular flexibility index (Phi) is 11.0. The van der Waals surface area contributed by atoms with Crippen molar-refractivity contribution in [2.24, 2.45) is 0 Å². The lowest BCUT2D eigenvalue weighted by Crippen LogP contribution is -2.43. The molecule has 214 valence electrons. The van der Waals surface area contributed by atoms with Crippen LogP contribution in [0.15, 0.2) is 120 Å². The standard InChI is InChI=1S/C35H38O5S/c1-26-18-20-30(21-19-26)41-34-33(39-24-29-16-10-5-11-17-29)32(40-35(34)36-2)31(38-23-28-14-8-4-9-15-28)25-37-22-27-12-6-3-7-13-27/h3-21,31-35H,22-25H2,1-2H3/t31-,32-,33-,34+,35+/m1/s1. The van der Waals surface area contributed by atoms with Gasteiger partial charge in [0.2, 0.25) is 0 Å². The summed E-state index contributed by atoms with van der Waals surface area (Å²) in [5.41, 5.74) is 4.53. The molecule has 6 heteroatoms. The van der Waals surface area contributed by atoms with Gasteiger partial charge in [-0.1, -0.05) is 109 Å². The Morgan fingerprint density at radius 3 is 1.85 bits per heavy atom. The van der Waals surface area contributed by atoms with Crippen LogP contribution >= 0.6 is 11.8 Å². The number of aryl methyl sites for hydroxylation is 1. The first-order chi connectivity index (χ1) is 20.2. The number of rotatable bonds is 14. The van der Waals surface area contributed by atoms with E-state index in [-0.39, 0.29) is 17.5 Å². The van der Waals surface area contributed by atoms with Crippen LogP contribution in [0.1, 0.15) is 22.3 Å². The number of ether oxygens (including phenoxy) is 5. The zero-order valence-electron chi connectivity index (χ0n) is 23.6. The van der Waals surface area contributed by atoms with Gasteiger partial charge in [-0.15, -0.1) is 11.8 Å². The third-order valence-corrected chi connectivity index (χ3v) is 8.39. The summed E-state index contributed by atoms with van der Waals surface area (Å²) in [4.78, 5) is 1.14. The van der Waals surface area contributed by atoms with E-state index >= 15 is 0 Å². The lowest BCUT2D eigenvalue weighted by atomic mass is 10.1. The van der Waals surface area contributed by atoms with Crippen LogP contribution in [0, 0.1) is 6.92 Å². The summed E-state index contributed by atoms with van der Waals surface area (Å²) in [5, 5.41) is -0.103. The average molecular weight is 571 g/mol. The highest BCUT2D eigenvalue weighted by molar-refractivity contribution is 8.00. The summed E-state index contributed by atoms with van der Waals surface area (Å²) in [6, 6.07) is 39.1. The maximum Gasteiger partial charge on any atom is 0.172 e. The molecule has 4 aromatic rings. The predicted molar refractivity (Wildman–Crippen MR) is 163 cm³/mol. The summed E-state index contributed by atoms with van der Waals surface area (Å²) in [6.45, 7) is 3.85. The number of hydrogen-bond donors (Lipinski definition) is 0. The van der Waals surface area contributed by atoms with Crippen molar-refractivity contribution in [1.29, 1.82) is 0 Å². The van der Waals surface area contributed by atoms with Crippen LogP contribution in [0.3, 0.4) is 0 Å². The molecule has 0 saturated carbocycles. The molecule has 1 fully saturated rings. The maximum absolute atomic E-state index is 6.68. The summed E-state index contributed by atoms with van der Waals surface area (Å²) in [7, 11) is 1.69. The molecule has 0 aliphatic carbocycles. The molecule has 1 aliphatic heterocycles. The fourth-order valence-electron chi connectivity index (χ4n) is 4.88. The fraction of sp³-hybridized carbons (Fsp3) is 0.314. The highest BCUT2D eigenvalue weighted by Crippen LogP contribution is 2.40. The molecule has 0 aromatic heterocycles. The molecule has 0 unspecified atom stereocenters. The Bertz CT molecular complexity index is 1290. The summed E-state index contributed by atoms with van der Waals surface area (Å²) < 4.78 is 31.9. The molecule has 1 heterocycles. The normalized spacial score (nSPS) is 21.1. The van der Waals surface area contributed by atoms with E-state index < -0.39 is 12.4 Å². The molecule has 1 aliphatic rings. The molecule has 0 spiro atoms. The van der Waals surface area contributed by atoms with Gasteiger partial charge in [0, 0.05) is 12.0 Å². The quantitative estimate of drug-likeness (QED) is 0.160. The zero-order chi connectivity index (χ0) is 28.3. The fourth-order valence-corrected chi connectivity index (χ4v) is 6.14. The summed E-state index contributed by atoms with van der Waals surface area (Å²) in [6.07, 6.45) is -1.54. The number of thioether (sulfide) groups is 1. The minimum atomic E-state index is -0.468. The average Bonchev–Trinajstić information content (AvgIpc) is 3.37. The van der Waals surface area contributed by atoms with Crippen molar-refractivity contribution in [3.05, 3.63) is 138 Å². The van der Waals surface area contributed by atoms with E-state index in [0.717, 1.165) is 21.6 Å². The lowest BCUT2D eigenvalue weighted by Gasteiger charge is -2.29. The van der Waals surface area contributed by atoms with Gasteiger partial charge in [0.25, 0.3) is 0 Å². The predicted octanol–water partition coefficient (Wildman–Crippen LogP) is 7.21. The van der Waals surface area contributed by atoms with Gasteiger partial charge in [0.05, 0.1) is 31.7 Å². The van der Waals surface area contributed by atoms with E-state index in [2.05, 4.69) is 67.6 Å². The van der Waals surface area contributed by atoms with Gasteiger partial charge in [0.1, 0.15) is 18.3 Å². The molecule has 1 saturated heterocycles. The van der Waals surface area contributed by atoms with Gasteiger partial charge < -0.3 is 23.7 Å². The van der Waals surface area contributed by atoms with Crippen molar-refractivity contribution in [3.8, 4) is 0 Å². The van der Waals surface area contributed by atoms with Crippen LogP contribution in [-0.4, -0.2) is 43.6 Å². The molecule has 0 N–H and O–H groups in total. The van der Waals surface area contributed by atoms with Gasteiger partial charge in [-0.25, -0.2) is 0 Å². The molecule has 0 bridgehead atoms. The van der Waals surface area contributed by atoms with Crippen molar-refractivity contribution in [3.63, 3.8) is 0 Å². The molecule has 0 radical (unpaired) electrons. The molecule has 0 amide bonds. The first-order valence-corrected chi connectivity index (χ1v) is 14.9. The highest BCUT2D eigenvalue weighted by atomic mass is 32.2. The molecule has 4 aromatic carbocycles. The zero-order valence-corrected chi connectivity index (χ0v) is 24.5. The third-order valence-electron chi connectivity index (χ3n) is 7.08. The Balaban J connectivity index is 1.38. The molecular weight excluding hydrogens is 532 g/mol. The smallest absolute Gasteiger partial charge is 0.172 e. The van der Waals surface area contributed by atoms with Gasteiger partial charge in [-0.05, 0) is 35.7 Å². The largest absolute Gasteiger partial charge is 0.374 e. The maximum atomic E-state index is 6.68. The van der Waals surface area contributed by atoms with Gasteiger partial charge in [-0.2, -0.15) is 0 Å². The van der Waals surface area contributed by atoms with Crippen LogP contribution in [0.4, 0.5) is 0 Å². The molecule has 5 atom stereocenters. The minimum Gasteiger partial charge on any atom is -0.374 e. The lowest BCUT2D eigenvalue weighted by molar-refractivity contribution is -0.174. The van der Waals surface area contributed by atoms with E-state index in [1.165, 1.54) is 5.56 Å². The van der Waals surface area contributed by atoms with E-state index in [0.29, 0.717) is 26.4 Å². The van der Waals surface area contributed by atoms with Crippen LogP contribution < -0.4 is 0 Å².